The lowest BCUT2D eigenvalue weighted by atomic mass is 10.1. The molecule has 25 heavy (non-hydrogen) atoms. The van der Waals surface area contributed by atoms with Crippen LogP contribution < -0.4 is 5.32 Å². The summed E-state index contributed by atoms with van der Waals surface area (Å²) in [7, 11) is 0. The van der Waals surface area contributed by atoms with Crippen LogP contribution in [-0.2, 0) is 0 Å². The van der Waals surface area contributed by atoms with Crippen molar-refractivity contribution >= 4 is 27.2 Å². The van der Waals surface area contributed by atoms with Crippen LogP contribution in [0.4, 0.5) is 5.69 Å². The number of nitrogens with zero attached hydrogens (tertiary/aromatic N) is 1. The summed E-state index contributed by atoms with van der Waals surface area (Å²) < 4.78 is 1.26. The highest BCUT2D eigenvalue weighted by Gasteiger charge is 2.06. The van der Waals surface area contributed by atoms with Crippen molar-refractivity contribution in [1.29, 1.82) is 0 Å². The average Bonchev–Trinajstić information content (AvgIpc) is 3.04. The Balaban J connectivity index is 1.53. The van der Waals surface area contributed by atoms with E-state index in [2.05, 4.69) is 61.6 Å². The van der Waals surface area contributed by atoms with Gasteiger partial charge in [0.15, 0.2) is 0 Å². The van der Waals surface area contributed by atoms with E-state index in [1.807, 2.05) is 0 Å². The number of fused-ring (bicyclic) bond motifs is 1. The standard InChI is InChI=1S/C22H28N2S/c1-3-4-5-6-7-8-15-23-19-12-10-18(11-13-19)22-24-20-14-9-17(2)16-21(20)25-22/h9-14,16,23H,3-8,15H2,1-2H3. The molecule has 0 aliphatic heterocycles. The van der Waals surface area contributed by atoms with Gasteiger partial charge in [-0.05, 0) is 55.3 Å². The fourth-order valence-electron chi connectivity index (χ4n) is 3.02. The Hall–Kier alpha value is -1.87. The van der Waals surface area contributed by atoms with Crippen molar-refractivity contribution in [3.63, 3.8) is 0 Å². The van der Waals surface area contributed by atoms with Crippen LogP contribution in [-0.4, -0.2) is 11.5 Å². The van der Waals surface area contributed by atoms with Gasteiger partial charge in [0.2, 0.25) is 0 Å². The summed E-state index contributed by atoms with van der Waals surface area (Å²) in [6.45, 7) is 5.45. The molecule has 0 aliphatic carbocycles. The summed E-state index contributed by atoms with van der Waals surface area (Å²) in [5, 5.41) is 4.63. The zero-order chi connectivity index (χ0) is 17.5. The Morgan fingerprint density at radius 1 is 0.920 bits per heavy atom. The quantitative estimate of drug-likeness (QED) is 0.418. The molecule has 3 aromatic rings. The van der Waals surface area contributed by atoms with Gasteiger partial charge in [-0.1, -0.05) is 45.1 Å². The number of aromatic nitrogens is 1. The van der Waals surface area contributed by atoms with Crippen LogP contribution in [0.25, 0.3) is 20.8 Å². The van der Waals surface area contributed by atoms with Gasteiger partial charge in [0, 0.05) is 17.8 Å². The second kappa shape index (κ2) is 9.00. The summed E-state index contributed by atoms with van der Waals surface area (Å²) >= 11 is 1.77. The minimum Gasteiger partial charge on any atom is -0.385 e. The van der Waals surface area contributed by atoms with Crippen molar-refractivity contribution in [3.05, 3.63) is 48.0 Å². The lowest BCUT2D eigenvalue weighted by Crippen LogP contribution is -2.01. The predicted molar refractivity (Wildman–Crippen MR) is 112 cm³/mol. The lowest BCUT2D eigenvalue weighted by molar-refractivity contribution is 0.617. The molecule has 0 amide bonds. The molecule has 0 saturated heterocycles. The highest BCUT2D eigenvalue weighted by Crippen LogP contribution is 2.31. The highest BCUT2D eigenvalue weighted by atomic mass is 32.1. The number of benzene rings is 2. The van der Waals surface area contributed by atoms with Gasteiger partial charge in [0.25, 0.3) is 0 Å². The summed E-state index contributed by atoms with van der Waals surface area (Å²) in [6.07, 6.45) is 8.02. The van der Waals surface area contributed by atoms with Crippen LogP contribution in [0.15, 0.2) is 42.5 Å². The Labute approximate surface area is 155 Å². The molecule has 0 atom stereocenters. The third-order valence-corrected chi connectivity index (χ3v) is 5.60. The third kappa shape index (κ3) is 5.05. The van der Waals surface area contributed by atoms with Gasteiger partial charge in [-0.25, -0.2) is 4.98 Å². The first-order valence-corrected chi connectivity index (χ1v) is 10.3. The summed E-state index contributed by atoms with van der Waals surface area (Å²) in [5.74, 6) is 0. The predicted octanol–water partition coefficient (Wildman–Crippen LogP) is 7.04. The number of unbranched alkanes of at least 4 members (excludes halogenated alkanes) is 5. The Kier molecular flexibility index (Phi) is 6.46. The minimum absolute atomic E-state index is 1.06. The van der Waals surface area contributed by atoms with E-state index in [0.29, 0.717) is 0 Å². The lowest BCUT2D eigenvalue weighted by Gasteiger charge is -2.07. The Bertz CT molecular complexity index is 789. The van der Waals surface area contributed by atoms with Crippen LogP contribution >= 0.6 is 11.3 Å². The SMILES string of the molecule is CCCCCCCCNc1ccc(-c2nc3ccc(C)cc3s2)cc1. The first kappa shape index (κ1) is 17.9. The van der Waals surface area contributed by atoms with E-state index in [-0.39, 0.29) is 0 Å². The Morgan fingerprint density at radius 3 is 2.48 bits per heavy atom. The molecule has 0 aliphatic rings. The molecule has 2 aromatic carbocycles. The van der Waals surface area contributed by atoms with E-state index in [0.717, 1.165) is 17.1 Å². The molecule has 2 nitrogen and oxygen atoms in total. The third-order valence-electron chi connectivity index (χ3n) is 4.54. The van der Waals surface area contributed by atoms with Crippen molar-refractivity contribution in [3.8, 4) is 10.6 Å². The van der Waals surface area contributed by atoms with Gasteiger partial charge in [0.05, 0.1) is 10.2 Å². The van der Waals surface area contributed by atoms with Crippen molar-refractivity contribution in [1.82, 2.24) is 4.98 Å². The van der Waals surface area contributed by atoms with Gasteiger partial charge in [-0.3, -0.25) is 0 Å². The second-order valence-corrected chi connectivity index (χ2v) is 7.79. The molecule has 0 fully saturated rings. The van der Waals surface area contributed by atoms with E-state index >= 15 is 0 Å². The molecule has 1 N–H and O–H groups in total. The number of thiazole rings is 1. The number of hydrogen-bond acceptors (Lipinski definition) is 3. The van der Waals surface area contributed by atoms with Gasteiger partial charge < -0.3 is 5.32 Å². The monoisotopic (exact) mass is 352 g/mol. The maximum Gasteiger partial charge on any atom is 0.124 e. The summed E-state index contributed by atoms with van der Waals surface area (Å²) in [6, 6.07) is 15.1. The molecule has 0 spiro atoms. The van der Waals surface area contributed by atoms with Gasteiger partial charge in [-0.15, -0.1) is 11.3 Å². The van der Waals surface area contributed by atoms with Crippen LogP contribution in [0.5, 0.6) is 0 Å². The van der Waals surface area contributed by atoms with Crippen LogP contribution in [0.2, 0.25) is 0 Å². The average molecular weight is 353 g/mol. The smallest absolute Gasteiger partial charge is 0.124 e. The maximum atomic E-state index is 4.76. The van der Waals surface area contributed by atoms with Gasteiger partial charge >= 0.3 is 0 Å². The van der Waals surface area contributed by atoms with Crippen molar-refractivity contribution in [2.45, 2.75) is 52.4 Å². The Morgan fingerprint density at radius 2 is 1.68 bits per heavy atom. The summed E-state index contributed by atoms with van der Waals surface area (Å²) in [5.41, 5.74) is 4.78. The molecule has 0 unspecified atom stereocenters. The van der Waals surface area contributed by atoms with Crippen LogP contribution in [0.3, 0.4) is 0 Å². The van der Waals surface area contributed by atoms with E-state index < -0.39 is 0 Å². The number of anilines is 1. The van der Waals surface area contributed by atoms with Crippen molar-refractivity contribution in [2.75, 3.05) is 11.9 Å². The zero-order valence-corrected chi connectivity index (χ0v) is 16.2. The van der Waals surface area contributed by atoms with Crippen LogP contribution in [0.1, 0.15) is 51.0 Å². The van der Waals surface area contributed by atoms with Crippen LogP contribution in [0, 0.1) is 6.92 Å². The first-order chi connectivity index (χ1) is 12.3. The molecule has 1 aromatic heterocycles. The largest absolute Gasteiger partial charge is 0.385 e. The molecular weight excluding hydrogens is 324 g/mol. The fourth-order valence-corrected chi connectivity index (χ4v) is 4.09. The summed E-state index contributed by atoms with van der Waals surface area (Å²) in [4.78, 5) is 4.76. The topological polar surface area (TPSA) is 24.9 Å². The van der Waals surface area contributed by atoms with Gasteiger partial charge in [0.1, 0.15) is 5.01 Å². The zero-order valence-electron chi connectivity index (χ0n) is 15.3. The van der Waals surface area contributed by atoms with E-state index in [1.54, 1.807) is 11.3 Å². The maximum absolute atomic E-state index is 4.76. The number of nitrogens with one attached hydrogen (secondary N) is 1. The number of rotatable bonds is 9. The number of hydrogen-bond donors (Lipinski definition) is 1. The first-order valence-electron chi connectivity index (χ1n) is 9.48. The van der Waals surface area contributed by atoms with Gasteiger partial charge in [-0.2, -0.15) is 0 Å². The van der Waals surface area contributed by atoms with Crippen molar-refractivity contribution < 1.29 is 0 Å². The molecule has 0 saturated carbocycles. The molecular formula is C22H28N2S. The number of aryl methyl sites for hydroxylation is 1. The van der Waals surface area contributed by atoms with E-state index in [9.17, 15) is 0 Å². The molecule has 1 heterocycles. The molecule has 3 heteroatoms. The van der Waals surface area contributed by atoms with E-state index in [4.69, 9.17) is 4.98 Å². The minimum atomic E-state index is 1.06. The second-order valence-electron chi connectivity index (χ2n) is 6.76. The molecule has 132 valence electrons. The molecule has 3 rings (SSSR count). The molecule has 0 radical (unpaired) electrons. The normalized spacial score (nSPS) is 11.1. The molecule has 0 bridgehead atoms. The van der Waals surface area contributed by atoms with Crippen molar-refractivity contribution in [2.24, 2.45) is 0 Å². The highest BCUT2D eigenvalue weighted by molar-refractivity contribution is 7.21. The van der Waals surface area contributed by atoms with E-state index in [1.165, 1.54) is 60.0 Å². The fraction of sp³-hybridized carbons (Fsp3) is 0.409.